The second-order valence-electron chi connectivity index (χ2n) is 9.55. The van der Waals surface area contributed by atoms with Crippen molar-refractivity contribution in [3.8, 4) is 0 Å². The Morgan fingerprint density at radius 1 is 1.25 bits per heavy atom. The molecule has 4 heterocycles. The van der Waals surface area contributed by atoms with Crippen LogP contribution >= 0.6 is 11.3 Å². The Labute approximate surface area is 221 Å². The number of rotatable bonds is 4. The van der Waals surface area contributed by atoms with Crippen LogP contribution in [-0.2, 0) is 9.59 Å². The maximum absolute atomic E-state index is 13.4. The van der Waals surface area contributed by atoms with Crippen molar-refractivity contribution in [2.45, 2.75) is 38.8 Å². The van der Waals surface area contributed by atoms with Crippen molar-refractivity contribution >= 4 is 50.0 Å². The molecule has 0 radical (unpaired) electrons. The van der Waals surface area contributed by atoms with Crippen LogP contribution in [0.5, 0.6) is 0 Å². The molecule has 1 aliphatic rings. The number of piperidine rings is 1. The number of carbonyl (C=O) groups excluding carboxylic acids is 2. The van der Waals surface area contributed by atoms with Gasteiger partial charge in [0.2, 0.25) is 0 Å². The minimum absolute atomic E-state index is 0. The van der Waals surface area contributed by atoms with E-state index in [4.69, 9.17) is 4.98 Å². The molecule has 1 fully saturated rings. The Hall–Kier alpha value is -3.08. The van der Waals surface area contributed by atoms with E-state index in [9.17, 15) is 9.59 Å². The maximum atomic E-state index is 13.4. The molecule has 2 amide bonds. The Morgan fingerprint density at radius 3 is 2.83 bits per heavy atom. The minimum atomic E-state index is -0.676. The first-order valence-electron chi connectivity index (χ1n) is 11.8. The summed E-state index contributed by atoms with van der Waals surface area (Å²) < 4.78 is 1.12. The number of nitrogens with zero attached hydrogens (tertiary/aromatic N) is 5. The number of hydrogen-bond donors (Lipinski definition) is 2. The summed E-state index contributed by atoms with van der Waals surface area (Å²) >= 11 is 1.69. The number of nitrogens with one attached hydrogen (secondary N) is 2. The quantitative estimate of drug-likeness (QED) is 0.387. The standard InChI is InChI=1S/C25H29N7O2S.ClH/c1-14-5-7-20(16-6-8-21-18(9-16)29-24(35-21)15(2)31(3)4)32(13-14)25(34)23(33)28-19-12-26-10-17-11-27-30-22(17)19;/h6,8-12,14-15,20H,5,7,13H2,1-4H3,(H,27,30)(H,28,33);1H/t14-,15?,20+;/m0./s1. The summed E-state index contributed by atoms with van der Waals surface area (Å²) in [6.07, 6.45) is 6.59. The van der Waals surface area contributed by atoms with Crippen LogP contribution in [0, 0.1) is 5.92 Å². The van der Waals surface area contributed by atoms with E-state index in [1.807, 2.05) is 14.1 Å². The van der Waals surface area contributed by atoms with Gasteiger partial charge in [0.1, 0.15) is 5.01 Å². The number of aromatic nitrogens is 4. The van der Waals surface area contributed by atoms with Gasteiger partial charge >= 0.3 is 13.2 Å². The van der Waals surface area contributed by atoms with Gasteiger partial charge in [0.15, 0.2) is 0 Å². The van der Waals surface area contributed by atoms with Crippen LogP contribution in [0.3, 0.4) is 0 Å². The second kappa shape index (κ2) is 10.5. The molecule has 2 N–H and O–H groups in total. The second-order valence-corrected chi connectivity index (χ2v) is 10.6. The molecule has 1 unspecified atom stereocenters. The summed E-state index contributed by atoms with van der Waals surface area (Å²) in [6.45, 7) is 4.78. The Balaban J connectivity index is 0.00000190. The highest BCUT2D eigenvalue weighted by atomic mass is 35.5. The first-order valence-corrected chi connectivity index (χ1v) is 12.6. The third kappa shape index (κ3) is 4.93. The van der Waals surface area contributed by atoms with E-state index < -0.39 is 11.8 Å². The number of H-pyrrole nitrogens is 1. The lowest BCUT2D eigenvalue weighted by Gasteiger charge is -2.38. The number of anilines is 1. The molecule has 9 nitrogen and oxygen atoms in total. The highest BCUT2D eigenvalue weighted by Gasteiger charge is 2.34. The number of fused-ring (bicyclic) bond motifs is 2. The number of likely N-dealkylation sites (tertiary alicyclic amines) is 1. The van der Waals surface area contributed by atoms with Gasteiger partial charge in [-0.2, -0.15) is 5.10 Å². The fourth-order valence-electron chi connectivity index (χ4n) is 4.56. The molecule has 36 heavy (non-hydrogen) atoms. The van der Waals surface area contributed by atoms with E-state index in [-0.39, 0.29) is 25.9 Å². The number of pyridine rings is 1. The number of thiazole rings is 1. The zero-order chi connectivity index (χ0) is 24.7. The molecule has 1 aromatic carbocycles. The minimum Gasteiger partial charge on any atom is -1.00 e. The molecule has 0 saturated carbocycles. The van der Waals surface area contributed by atoms with Gasteiger partial charge in [-0.15, -0.1) is 11.3 Å². The average molecular weight is 528 g/mol. The highest BCUT2D eigenvalue weighted by molar-refractivity contribution is 7.18. The molecule has 1 saturated heterocycles. The third-order valence-electron chi connectivity index (χ3n) is 6.82. The van der Waals surface area contributed by atoms with Crippen LogP contribution in [0.2, 0.25) is 0 Å². The molecule has 190 valence electrons. The van der Waals surface area contributed by atoms with E-state index in [0.29, 0.717) is 23.7 Å². The number of hydrogen-bond acceptors (Lipinski definition) is 7. The van der Waals surface area contributed by atoms with Gasteiger partial charge in [0, 0.05) is 18.1 Å². The zero-order valence-electron chi connectivity index (χ0n) is 21.7. The molecule has 4 aromatic rings. The normalized spacial score (nSPS) is 18.9. The molecule has 1 aliphatic heterocycles. The highest BCUT2D eigenvalue weighted by Crippen LogP contribution is 2.36. The monoisotopic (exact) mass is 527 g/mol. The molecular weight excluding hydrogens is 498 g/mol. The van der Waals surface area contributed by atoms with Crippen molar-refractivity contribution in [2.75, 3.05) is 26.0 Å². The van der Waals surface area contributed by atoms with Gasteiger partial charge in [-0.1, -0.05) is 13.0 Å². The van der Waals surface area contributed by atoms with Gasteiger partial charge < -0.3 is 27.5 Å². The van der Waals surface area contributed by atoms with Crippen molar-refractivity contribution < 1.29 is 23.4 Å². The number of benzene rings is 1. The maximum Gasteiger partial charge on any atom is 1.00 e. The summed E-state index contributed by atoms with van der Waals surface area (Å²) in [4.78, 5) is 39.3. The summed E-state index contributed by atoms with van der Waals surface area (Å²) in [5, 5.41) is 11.4. The van der Waals surface area contributed by atoms with Crippen LogP contribution in [0.4, 0.5) is 5.69 Å². The van der Waals surface area contributed by atoms with E-state index in [1.165, 1.54) is 6.20 Å². The Morgan fingerprint density at radius 2 is 2.06 bits per heavy atom. The van der Waals surface area contributed by atoms with E-state index in [2.05, 4.69) is 57.4 Å². The van der Waals surface area contributed by atoms with Crippen molar-refractivity contribution in [3.05, 3.63) is 47.4 Å². The lowest BCUT2D eigenvalue weighted by atomic mass is 9.89. The van der Waals surface area contributed by atoms with Crippen LogP contribution in [0.25, 0.3) is 21.1 Å². The largest absolute Gasteiger partial charge is 1.00 e. The van der Waals surface area contributed by atoms with Crippen LogP contribution in [-0.4, -0.2) is 62.4 Å². The van der Waals surface area contributed by atoms with E-state index in [1.54, 1.807) is 28.6 Å². The lowest BCUT2D eigenvalue weighted by molar-refractivity contribution is -0.146. The van der Waals surface area contributed by atoms with Crippen LogP contribution in [0.1, 0.15) is 50.8 Å². The Bertz CT molecular complexity index is 1410. The molecule has 3 atom stereocenters. The predicted octanol–water partition coefficient (Wildman–Crippen LogP) is 1.25. The van der Waals surface area contributed by atoms with Crippen molar-refractivity contribution in [3.63, 3.8) is 0 Å². The molecule has 5 rings (SSSR count). The summed E-state index contributed by atoms with van der Waals surface area (Å²) in [6, 6.07) is 6.28. The third-order valence-corrected chi connectivity index (χ3v) is 8.03. The van der Waals surface area contributed by atoms with E-state index in [0.717, 1.165) is 39.0 Å². The van der Waals surface area contributed by atoms with Crippen molar-refractivity contribution in [2.24, 2.45) is 5.92 Å². The van der Waals surface area contributed by atoms with Gasteiger partial charge in [-0.05, 0) is 57.5 Å². The molecule has 0 spiro atoms. The first kappa shape index (κ1) is 26.0. The SMILES string of the molecule is CC(c1nc2cc([C@H]3CC[C@H](C)CN3C(=O)C(=O)Nc3cncc4cn[nH]c34)ccc2s1)N(C)C.[Cl-].[H+]. The van der Waals surface area contributed by atoms with Crippen molar-refractivity contribution in [1.82, 2.24) is 30.0 Å². The molecule has 0 aliphatic carbocycles. The Kier molecular flexibility index (Phi) is 7.58. The average Bonchev–Trinajstić information content (AvgIpc) is 3.50. The summed E-state index contributed by atoms with van der Waals surface area (Å²) in [5.41, 5.74) is 3.02. The number of aromatic amines is 1. The first-order chi connectivity index (χ1) is 16.8. The van der Waals surface area contributed by atoms with Crippen LogP contribution < -0.4 is 17.7 Å². The predicted molar refractivity (Wildman–Crippen MR) is 138 cm³/mol. The van der Waals surface area contributed by atoms with E-state index >= 15 is 0 Å². The van der Waals surface area contributed by atoms with Crippen LogP contribution in [0.15, 0.2) is 36.8 Å². The van der Waals surface area contributed by atoms with Crippen molar-refractivity contribution in [1.29, 1.82) is 0 Å². The summed E-state index contributed by atoms with van der Waals surface area (Å²) in [5.74, 6) is -0.903. The number of carbonyl (C=O) groups is 2. The fraction of sp³-hybridized carbons (Fsp3) is 0.400. The molecule has 3 aromatic heterocycles. The lowest BCUT2D eigenvalue weighted by Crippen LogP contribution is -3.00. The smallest absolute Gasteiger partial charge is 1.00 e. The fourth-order valence-corrected chi connectivity index (χ4v) is 5.66. The molecular formula is C25H30ClN7O2S. The van der Waals surface area contributed by atoms with Gasteiger partial charge in [0.25, 0.3) is 0 Å². The molecule has 11 heteroatoms. The number of amides is 2. The number of halogens is 1. The van der Waals surface area contributed by atoms with Gasteiger partial charge in [-0.25, -0.2) is 4.98 Å². The zero-order valence-corrected chi connectivity index (χ0v) is 22.2. The topological polar surface area (TPSA) is 107 Å². The van der Waals surface area contributed by atoms with Gasteiger partial charge in [-0.3, -0.25) is 19.7 Å². The summed E-state index contributed by atoms with van der Waals surface area (Å²) in [7, 11) is 4.09. The molecule has 0 bridgehead atoms. The van der Waals surface area contributed by atoms with Gasteiger partial charge in [0.05, 0.1) is 45.9 Å².